The van der Waals surface area contributed by atoms with Gasteiger partial charge in [-0.25, -0.2) is 0 Å². The summed E-state index contributed by atoms with van der Waals surface area (Å²) in [6.07, 6.45) is 0. The Morgan fingerprint density at radius 1 is 0.727 bits per heavy atom. The van der Waals surface area contributed by atoms with Crippen LogP contribution < -0.4 is 9.47 Å². The van der Waals surface area contributed by atoms with Gasteiger partial charge in [0.2, 0.25) is 6.79 Å². The van der Waals surface area contributed by atoms with E-state index in [-0.39, 0.29) is 38.7 Å². The number of rotatable bonds is 0. The standard InChI is InChI=1S/C9H10O4.4CO.Re/c1-4-6(10)7(11)5(2)9-8(4)12-3-13-9;4*1-2;/h10-11H,3H2,1-2H3;;;;;/p+2. The molecule has 0 saturated carbocycles. The van der Waals surface area contributed by atoms with Crippen molar-refractivity contribution in [2.45, 2.75) is 13.8 Å². The van der Waals surface area contributed by atoms with Gasteiger partial charge in [-0.1, -0.05) is 0 Å². The zero-order valence-electron chi connectivity index (χ0n) is 11.5. The van der Waals surface area contributed by atoms with Crippen molar-refractivity contribution < 1.29 is 58.7 Å². The zero-order chi connectivity index (χ0) is 17.6. The summed E-state index contributed by atoms with van der Waals surface area (Å²) in [5.74, 6) is 1.69. The second-order valence-corrected chi connectivity index (χ2v) is 3.06. The van der Waals surface area contributed by atoms with Crippen LogP contribution in [0.2, 0.25) is 0 Å². The molecule has 2 rings (SSSR count). The third-order valence-electron chi connectivity index (χ3n) is 2.29. The fourth-order valence-electron chi connectivity index (χ4n) is 1.44. The molecule has 0 atom stereocenters. The summed E-state index contributed by atoms with van der Waals surface area (Å²) in [4.78, 5) is 0. The van der Waals surface area contributed by atoms with E-state index in [1.807, 2.05) is 0 Å². The largest absolute Gasteiger partial charge is 0 e. The Balaban J connectivity index is -0.000000158. The van der Waals surface area contributed by atoms with E-state index in [0.29, 0.717) is 22.6 Å². The van der Waals surface area contributed by atoms with Crippen LogP contribution in [0.4, 0.5) is 0 Å². The van der Waals surface area contributed by atoms with Crippen molar-refractivity contribution in [1.29, 1.82) is 0 Å². The maximum atomic E-state index is 7.63. The van der Waals surface area contributed by atoms with Gasteiger partial charge in [-0.15, -0.1) is 0 Å². The average molecular weight is 482 g/mol. The molecule has 1 aromatic rings. The van der Waals surface area contributed by atoms with Crippen molar-refractivity contribution in [2.75, 3.05) is 6.79 Å². The van der Waals surface area contributed by atoms with Gasteiger partial charge in [0, 0.05) is 20.4 Å². The van der Waals surface area contributed by atoms with Crippen LogP contribution in [-0.2, 0) is 39.0 Å². The molecule has 22 heavy (non-hydrogen) atoms. The van der Waals surface area contributed by atoms with Crippen molar-refractivity contribution in [1.82, 2.24) is 0 Å². The summed E-state index contributed by atoms with van der Waals surface area (Å²) in [5, 5.41) is 15.3. The molecule has 1 radical (unpaired) electrons. The summed E-state index contributed by atoms with van der Waals surface area (Å²) < 4.78 is 40.4. The summed E-state index contributed by atoms with van der Waals surface area (Å²) in [7, 11) is 0. The molecule has 1 aliphatic rings. The van der Waals surface area contributed by atoms with E-state index in [0.717, 1.165) is 0 Å². The van der Waals surface area contributed by atoms with Crippen LogP contribution in [0.5, 0.6) is 23.0 Å². The van der Waals surface area contributed by atoms with Gasteiger partial charge in [0.05, 0.1) is 0 Å². The predicted molar refractivity (Wildman–Crippen MR) is 63.9 cm³/mol. The molecule has 0 aliphatic carbocycles. The molecular weight excluding hydrogens is 470 g/mol. The van der Waals surface area contributed by atoms with E-state index in [1.54, 1.807) is 13.8 Å². The Labute approximate surface area is 140 Å². The SMILES string of the molecule is Cc1c([OH2+])c([OH2+])c(C)c2c1OCO2.[C-]#[O+].[C-]#[O+].[C-]#[O+].[C-]#[O+].[Re]. The Kier molecular flexibility index (Phi) is 21.9. The fraction of sp³-hybridized carbons (Fsp3) is 0.231. The monoisotopic (exact) mass is 483 g/mol. The van der Waals surface area contributed by atoms with Gasteiger partial charge in [-0.3, -0.25) is 0 Å². The molecular formula is C13H12O8Re+2. The number of hydrogen-bond acceptors (Lipinski definition) is 2. The third kappa shape index (κ3) is 6.66. The van der Waals surface area contributed by atoms with E-state index in [1.165, 1.54) is 0 Å². The van der Waals surface area contributed by atoms with Crippen molar-refractivity contribution in [3.63, 3.8) is 0 Å². The van der Waals surface area contributed by atoms with Crippen LogP contribution in [0.3, 0.4) is 0 Å². The number of hydrogen-bond donors (Lipinski definition) is 0. The zero-order valence-corrected chi connectivity index (χ0v) is 14.3. The normalized spacial score (nSPS) is 8.27. The first-order chi connectivity index (χ1) is 10.1. The minimum absolute atomic E-state index is 0. The molecule has 1 heterocycles. The maximum Gasteiger partial charge on any atom is 0 e. The first-order valence-corrected chi connectivity index (χ1v) is 4.80. The van der Waals surface area contributed by atoms with Crippen LogP contribution in [0.1, 0.15) is 11.1 Å². The van der Waals surface area contributed by atoms with Crippen molar-refractivity contribution in [2.24, 2.45) is 0 Å². The first kappa shape index (κ1) is 28.2. The second-order valence-electron chi connectivity index (χ2n) is 3.06. The Morgan fingerprint density at radius 3 is 1.18 bits per heavy atom. The molecule has 117 valence electrons. The van der Waals surface area contributed by atoms with E-state index in [9.17, 15) is 0 Å². The fourth-order valence-corrected chi connectivity index (χ4v) is 1.44. The Hall–Kier alpha value is -1.96. The van der Waals surface area contributed by atoms with Gasteiger partial charge >= 0.3 is 56.7 Å². The van der Waals surface area contributed by atoms with Gasteiger partial charge in [-0.2, -0.15) is 0 Å². The summed E-state index contributed by atoms with van der Waals surface area (Å²) in [6, 6.07) is 0. The van der Waals surface area contributed by atoms with Crippen molar-refractivity contribution in [3.8, 4) is 23.0 Å². The van der Waals surface area contributed by atoms with Gasteiger partial charge in [0.25, 0.3) is 0 Å². The van der Waals surface area contributed by atoms with E-state index < -0.39 is 0 Å². The number of benzene rings is 1. The van der Waals surface area contributed by atoms with Gasteiger partial charge in [-0.05, 0) is 13.8 Å². The van der Waals surface area contributed by atoms with Crippen molar-refractivity contribution in [3.05, 3.63) is 37.7 Å². The molecule has 9 heteroatoms. The predicted octanol–water partition coefficient (Wildman–Crippen LogP) is 0.755. The molecule has 8 nitrogen and oxygen atoms in total. The molecule has 4 N–H and O–H groups in total. The van der Waals surface area contributed by atoms with Crippen molar-refractivity contribution >= 4 is 0 Å². The molecule has 1 aliphatic heterocycles. The average Bonchev–Trinajstić information content (AvgIpc) is 3.08. The number of ether oxygens (including phenoxy) is 2. The molecule has 0 unspecified atom stereocenters. The minimum atomic E-state index is 0. The molecule has 0 saturated heterocycles. The molecule has 0 bridgehead atoms. The third-order valence-corrected chi connectivity index (χ3v) is 2.29. The van der Waals surface area contributed by atoms with Crippen LogP contribution in [0, 0.1) is 40.4 Å². The smallest absolute Gasteiger partial charge is 0 e. The number of fused-ring (bicyclic) bond motifs is 1. The summed E-state index contributed by atoms with van der Waals surface area (Å²) in [6.45, 7) is 21.7. The van der Waals surface area contributed by atoms with Crippen LogP contribution >= 0.6 is 0 Å². The van der Waals surface area contributed by atoms with Gasteiger partial charge < -0.3 is 19.7 Å². The minimum Gasteiger partial charge on any atom is 0 e. The Morgan fingerprint density at radius 2 is 0.955 bits per heavy atom. The van der Waals surface area contributed by atoms with E-state index >= 15 is 0 Å². The first-order valence-electron chi connectivity index (χ1n) is 4.80. The van der Waals surface area contributed by atoms with Crippen LogP contribution in [0.25, 0.3) is 0 Å². The summed E-state index contributed by atoms with van der Waals surface area (Å²) >= 11 is 0. The molecule has 0 aromatic heterocycles. The van der Waals surface area contributed by atoms with Crippen LogP contribution in [0.15, 0.2) is 0 Å². The maximum absolute atomic E-state index is 7.63. The molecule has 1 aromatic carbocycles. The summed E-state index contributed by atoms with van der Waals surface area (Å²) in [5.41, 5.74) is 1.37. The molecule has 0 spiro atoms. The second kappa shape index (κ2) is 17.1. The molecule has 0 fully saturated rings. The topological polar surface area (TPSA) is 144 Å². The van der Waals surface area contributed by atoms with Gasteiger partial charge in [0.1, 0.15) is 11.1 Å². The van der Waals surface area contributed by atoms with Gasteiger partial charge in [0.15, 0.2) is 11.5 Å². The Bertz CT molecular complexity index is 472. The molecule has 0 amide bonds. The quantitative estimate of drug-likeness (QED) is 0.397. The van der Waals surface area contributed by atoms with E-state index in [2.05, 4.69) is 26.6 Å². The van der Waals surface area contributed by atoms with E-state index in [4.69, 9.17) is 38.3 Å². The van der Waals surface area contributed by atoms with Crippen LogP contribution in [-0.4, -0.2) is 17.0 Å².